The fourth-order valence-electron chi connectivity index (χ4n) is 3.17. The molecule has 0 spiro atoms. The van der Waals surface area contributed by atoms with Crippen molar-refractivity contribution >= 4 is 0 Å². The molecule has 3 heteroatoms. The average Bonchev–Trinajstić information content (AvgIpc) is 2.76. The van der Waals surface area contributed by atoms with Gasteiger partial charge in [-0.05, 0) is 31.0 Å². The van der Waals surface area contributed by atoms with Crippen LogP contribution in [0.4, 0.5) is 0 Å². The molecule has 2 fully saturated rings. The Bertz CT molecular complexity index is 337. The smallest absolute Gasteiger partial charge is 0.0543 e. The molecule has 0 aliphatic carbocycles. The number of fused-ring (bicyclic) bond motifs is 1. The van der Waals surface area contributed by atoms with Gasteiger partial charge in [0, 0.05) is 38.9 Å². The van der Waals surface area contributed by atoms with E-state index in [-0.39, 0.29) is 0 Å². The summed E-state index contributed by atoms with van der Waals surface area (Å²) in [6.45, 7) is 6.10. The van der Waals surface area contributed by atoms with E-state index in [0.29, 0.717) is 0 Å². The van der Waals surface area contributed by atoms with Gasteiger partial charge in [-0.25, -0.2) is 0 Å². The van der Waals surface area contributed by atoms with Crippen molar-refractivity contribution in [3.05, 3.63) is 30.1 Å². The first-order valence-electron chi connectivity index (χ1n) is 6.12. The van der Waals surface area contributed by atoms with Crippen LogP contribution in [0, 0.1) is 11.8 Å². The van der Waals surface area contributed by atoms with E-state index >= 15 is 0 Å². The van der Waals surface area contributed by atoms with Crippen molar-refractivity contribution in [1.29, 1.82) is 0 Å². The first-order chi connectivity index (χ1) is 7.81. The lowest BCUT2D eigenvalue weighted by atomic mass is 10.0. The lowest BCUT2D eigenvalue weighted by Gasteiger charge is -2.18. The summed E-state index contributed by atoms with van der Waals surface area (Å²) in [6, 6.07) is 6.18. The second-order valence-electron chi connectivity index (χ2n) is 5.26. The third-order valence-corrected chi connectivity index (χ3v) is 3.86. The van der Waals surface area contributed by atoms with Crippen LogP contribution in [0.15, 0.2) is 24.4 Å². The van der Waals surface area contributed by atoms with Gasteiger partial charge in [-0.15, -0.1) is 0 Å². The Balaban J connectivity index is 1.60. The van der Waals surface area contributed by atoms with Gasteiger partial charge in [0.25, 0.3) is 0 Å². The van der Waals surface area contributed by atoms with Crippen LogP contribution in [-0.2, 0) is 6.54 Å². The molecule has 0 radical (unpaired) electrons. The van der Waals surface area contributed by atoms with E-state index in [4.69, 9.17) is 0 Å². The van der Waals surface area contributed by atoms with Crippen LogP contribution < -0.4 is 0 Å². The third kappa shape index (κ3) is 1.97. The zero-order valence-electron chi connectivity index (χ0n) is 9.84. The van der Waals surface area contributed by atoms with Crippen LogP contribution in [0.25, 0.3) is 0 Å². The van der Waals surface area contributed by atoms with E-state index in [2.05, 4.69) is 34.0 Å². The topological polar surface area (TPSA) is 19.4 Å². The van der Waals surface area contributed by atoms with Crippen molar-refractivity contribution in [2.75, 3.05) is 33.2 Å². The number of rotatable bonds is 2. The number of hydrogen-bond acceptors (Lipinski definition) is 3. The van der Waals surface area contributed by atoms with E-state index < -0.39 is 0 Å². The number of nitrogens with zero attached hydrogens (tertiary/aromatic N) is 3. The molecular weight excluding hydrogens is 198 g/mol. The normalized spacial score (nSPS) is 30.8. The zero-order chi connectivity index (χ0) is 11.0. The van der Waals surface area contributed by atoms with Crippen LogP contribution in [0.2, 0.25) is 0 Å². The first kappa shape index (κ1) is 10.2. The Morgan fingerprint density at radius 1 is 1.19 bits per heavy atom. The third-order valence-electron chi connectivity index (χ3n) is 3.86. The quantitative estimate of drug-likeness (QED) is 0.739. The summed E-state index contributed by atoms with van der Waals surface area (Å²) < 4.78 is 0. The molecule has 2 unspecified atom stereocenters. The van der Waals surface area contributed by atoms with Crippen molar-refractivity contribution in [2.24, 2.45) is 11.8 Å². The molecule has 2 aliphatic rings. The van der Waals surface area contributed by atoms with Crippen molar-refractivity contribution in [3.63, 3.8) is 0 Å². The highest BCUT2D eigenvalue weighted by Gasteiger charge is 2.38. The fraction of sp³-hybridized carbons (Fsp3) is 0.615. The Hall–Kier alpha value is -0.930. The molecule has 0 amide bonds. The highest BCUT2D eigenvalue weighted by atomic mass is 15.2. The van der Waals surface area contributed by atoms with E-state index in [1.165, 1.54) is 31.9 Å². The van der Waals surface area contributed by atoms with Gasteiger partial charge in [0.15, 0.2) is 0 Å². The fourth-order valence-corrected chi connectivity index (χ4v) is 3.17. The zero-order valence-corrected chi connectivity index (χ0v) is 9.84. The summed E-state index contributed by atoms with van der Waals surface area (Å²) in [4.78, 5) is 9.42. The lowest BCUT2D eigenvalue weighted by molar-refractivity contribution is 0.270. The van der Waals surface area contributed by atoms with Gasteiger partial charge in [-0.1, -0.05) is 6.07 Å². The highest BCUT2D eigenvalue weighted by molar-refractivity contribution is 5.04. The first-order valence-corrected chi connectivity index (χ1v) is 6.12. The molecule has 3 heterocycles. The summed E-state index contributed by atoms with van der Waals surface area (Å²) in [5.74, 6) is 1.79. The predicted octanol–water partition coefficient (Wildman–Crippen LogP) is 1.07. The monoisotopic (exact) mass is 217 g/mol. The van der Waals surface area contributed by atoms with E-state index in [1.54, 1.807) is 0 Å². The molecule has 0 N–H and O–H groups in total. The Labute approximate surface area is 97.1 Å². The highest BCUT2D eigenvalue weighted by Crippen LogP contribution is 2.30. The summed E-state index contributed by atoms with van der Waals surface area (Å²) >= 11 is 0. The summed E-state index contributed by atoms with van der Waals surface area (Å²) in [6.07, 6.45) is 1.89. The molecule has 1 aromatic heterocycles. The maximum absolute atomic E-state index is 4.40. The molecule has 2 atom stereocenters. The number of likely N-dealkylation sites (tertiary alicyclic amines) is 2. The van der Waals surface area contributed by atoms with Gasteiger partial charge >= 0.3 is 0 Å². The second-order valence-corrected chi connectivity index (χ2v) is 5.26. The predicted molar refractivity (Wildman–Crippen MR) is 64.0 cm³/mol. The largest absolute Gasteiger partial charge is 0.306 e. The molecule has 86 valence electrons. The van der Waals surface area contributed by atoms with Crippen molar-refractivity contribution in [3.8, 4) is 0 Å². The minimum absolute atomic E-state index is 0.897. The van der Waals surface area contributed by atoms with Crippen molar-refractivity contribution < 1.29 is 0 Å². The molecule has 3 nitrogen and oxygen atoms in total. The molecule has 0 aromatic carbocycles. The Morgan fingerprint density at radius 2 is 1.94 bits per heavy atom. The summed E-state index contributed by atoms with van der Waals surface area (Å²) in [7, 11) is 2.24. The van der Waals surface area contributed by atoms with Crippen LogP contribution in [0.3, 0.4) is 0 Å². The summed E-state index contributed by atoms with van der Waals surface area (Å²) in [5.41, 5.74) is 1.20. The van der Waals surface area contributed by atoms with E-state index in [1.807, 2.05) is 12.3 Å². The molecular formula is C13H19N3. The van der Waals surface area contributed by atoms with Crippen molar-refractivity contribution in [2.45, 2.75) is 6.54 Å². The van der Waals surface area contributed by atoms with Gasteiger partial charge in [0.1, 0.15) is 0 Å². The van der Waals surface area contributed by atoms with Crippen LogP contribution in [0.1, 0.15) is 5.69 Å². The molecule has 2 aliphatic heterocycles. The number of aromatic nitrogens is 1. The Kier molecular flexibility index (Phi) is 2.65. The Morgan fingerprint density at radius 3 is 2.56 bits per heavy atom. The standard InChI is InChI=1S/C13H19N3/c1-15-6-11-8-16(9-12(11)7-15)10-13-4-2-3-5-14-13/h2-5,11-12H,6-10H2,1H3. The molecule has 0 bridgehead atoms. The van der Waals surface area contributed by atoms with E-state index in [0.717, 1.165) is 18.4 Å². The van der Waals surface area contributed by atoms with Crippen molar-refractivity contribution in [1.82, 2.24) is 14.8 Å². The van der Waals surface area contributed by atoms with Gasteiger partial charge in [-0.2, -0.15) is 0 Å². The maximum Gasteiger partial charge on any atom is 0.0543 e. The maximum atomic E-state index is 4.40. The lowest BCUT2D eigenvalue weighted by Crippen LogP contribution is -2.26. The van der Waals surface area contributed by atoms with E-state index in [9.17, 15) is 0 Å². The second kappa shape index (κ2) is 4.15. The number of pyridine rings is 1. The molecule has 16 heavy (non-hydrogen) atoms. The van der Waals surface area contributed by atoms with Gasteiger partial charge < -0.3 is 4.90 Å². The molecule has 2 saturated heterocycles. The minimum atomic E-state index is 0.897. The van der Waals surface area contributed by atoms with Gasteiger partial charge in [0.05, 0.1) is 5.69 Å². The average molecular weight is 217 g/mol. The van der Waals surface area contributed by atoms with Gasteiger partial charge in [-0.3, -0.25) is 9.88 Å². The molecule has 0 saturated carbocycles. The van der Waals surface area contributed by atoms with Gasteiger partial charge in [0.2, 0.25) is 0 Å². The molecule has 3 rings (SSSR count). The van der Waals surface area contributed by atoms with Crippen LogP contribution in [-0.4, -0.2) is 48.0 Å². The SMILES string of the molecule is CN1CC2CN(Cc3ccccn3)CC2C1. The van der Waals surface area contributed by atoms with Crippen LogP contribution in [0.5, 0.6) is 0 Å². The minimum Gasteiger partial charge on any atom is -0.306 e. The summed E-state index contributed by atoms with van der Waals surface area (Å²) in [5, 5.41) is 0. The van der Waals surface area contributed by atoms with Crippen LogP contribution >= 0.6 is 0 Å². The molecule has 1 aromatic rings. The number of hydrogen-bond donors (Lipinski definition) is 0.